The quantitative estimate of drug-likeness (QED) is 0.667. The Hall–Kier alpha value is -2.90. The maximum Gasteiger partial charge on any atom is 0.226 e. The molecule has 1 saturated carbocycles. The molecule has 2 unspecified atom stereocenters. The van der Waals surface area contributed by atoms with Crippen LogP contribution in [0.2, 0.25) is 0 Å². The van der Waals surface area contributed by atoms with Crippen LogP contribution in [0.4, 0.5) is 5.82 Å². The van der Waals surface area contributed by atoms with E-state index in [1.54, 1.807) is 6.33 Å². The molecule has 1 aliphatic carbocycles. The molecule has 3 aliphatic rings. The van der Waals surface area contributed by atoms with Gasteiger partial charge in [0.25, 0.3) is 0 Å². The molecule has 0 spiro atoms. The number of aromatic nitrogens is 5. The summed E-state index contributed by atoms with van der Waals surface area (Å²) >= 11 is 0. The number of anilines is 1. The Bertz CT molecular complexity index is 1100. The van der Waals surface area contributed by atoms with Crippen LogP contribution < -0.4 is 4.90 Å². The smallest absolute Gasteiger partial charge is 0.226 e. The maximum absolute atomic E-state index is 12.8. The second-order valence-corrected chi connectivity index (χ2v) is 9.25. The fraction of sp³-hybridized carbons (Fsp3) is 0.545. The highest BCUT2D eigenvalue weighted by atomic mass is 16.2. The van der Waals surface area contributed by atoms with Gasteiger partial charge in [0.15, 0.2) is 5.82 Å². The Labute approximate surface area is 175 Å². The lowest BCUT2D eigenvalue weighted by Gasteiger charge is -2.41. The summed E-state index contributed by atoms with van der Waals surface area (Å²) < 4.78 is 3.88. The molecule has 5 heterocycles. The topological polar surface area (TPSA) is 71.6 Å². The number of carbonyl (C=O) groups is 1. The lowest BCUT2D eigenvalue weighted by molar-refractivity contribution is -0.135. The van der Waals surface area contributed by atoms with Crippen LogP contribution in [0.15, 0.2) is 31.0 Å². The van der Waals surface area contributed by atoms with Crippen LogP contribution in [0, 0.1) is 5.92 Å². The summed E-state index contributed by atoms with van der Waals surface area (Å²) in [7, 11) is 0. The molecule has 1 amide bonds. The molecular formula is C22H27N7O. The van der Waals surface area contributed by atoms with Crippen molar-refractivity contribution in [1.82, 2.24) is 29.3 Å². The van der Waals surface area contributed by atoms with Crippen molar-refractivity contribution in [1.29, 1.82) is 0 Å². The predicted molar refractivity (Wildman–Crippen MR) is 113 cm³/mol. The first-order valence-electron chi connectivity index (χ1n) is 11.0. The summed E-state index contributed by atoms with van der Waals surface area (Å²) in [5.74, 6) is 1.65. The highest BCUT2D eigenvalue weighted by Gasteiger charge is 2.46. The third-order valence-electron chi connectivity index (χ3n) is 6.81. The summed E-state index contributed by atoms with van der Waals surface area (Å²) in [4.78, 5) is 22.0. The average molecular weight is 406 g/mol. The van der Waals surface area contributed by atoms with Crippen molar-refractivity contribution < 1.29 is 4.79 Å². The molecule has 3 aromatic heterocycles. The first kappa shape index (κ1) is 17.9. The number of rotatable bonds is 4. The van der Waals surface area contributed by atoms with Gasteiger partial charge in [0.1, 0.15) is 11.8 Å². The van der Waals surface area contributed by atoms with E-state index in [1.165, 1.54) is 0 Å². The molecule has 6 rings (SSSR count). The Balaban J connectivity index is 1.31. The average Bonchev–Trinajstić information content (AvgIpc) is 3.19. The van der Waals surface area contributed by atoms with Crippen molar-refractivity contribution in [2.45, 2.75) is 57.7 Å². The molecule has 0 radical (unpaired) electrons. The molecular weight excluding hydrogens is 378 g/mol. The molecule has 30 heavy (non-hydrogen) atoms. The minimum atomic E-state index is 0.297. The summed E-state index contributed by atoms with van der Waals surface area (Å²) in [6.45, 7) is 5.96. The second-order valence-electron chi connectivity index (χ2n) is 9.25. The Morgan fingerprint density at radius 3 is 2.47 bits per heavy atom. The largest absolute Gasteiger partial charge is 0.351 e. The molecule has 8 heteroatoms. The van der Waals surface area contributed by atoms with Crippen molar-refractivity contribution >= 4 is 17.2 Å². The molecule has 2 aliphatic heterocycles. The van der Waals surface area contributed by atoms with E-state index < -0.39 is 0 Å². The lowest BCUT2D eigenvalue weighted by Crippen LogP contribution is -2.56. The standard InChI is InChI=1S/C22H27N7O/c1-14(2)27-10-17(8-24-27)16-7-20-21(23-13-25-28(20)9-16)26-11-18-5-6-19(12-26)29(18)22(30)15-3-4-15/h7-10,13-15,18-19H,3-6,11-12H2,1-2H3. The number of hydrogen-bond acceptors (Lipinski definition) is 5. The van der Waals surface area contributed by atoms with Crippen LogP contribution in [0.25, 0.3) is 16.6 Å². The zero-order chi connectivity index (χ0) is 20.4. The number of hydrogen-bond donors (Lipinski definition) is 0. The summed E-state index contributed by atoms with van der Waals surface area (Å²) in [6.07, 6.45) is 12.0. The van der Waals surface area contributed by atoms with Gasteiger partial charge in [-0.05, 0) is 45.6 Å². The lowest BCUT2D eigenvalue weighted by atomic mass is 10.1. The van der Waals surface area contributed by atoms with Crippen LogP contribution in [-0.2, 0) is 4.79 Å². The Kier molecular flexibility index (Phi) is 3.91. The van der Waals surface area contributed by atoms with Crippen LogP contribution in [0.1, 0.15) is 45.6 Å². The van der Waals surface area contributed by atoms with Crippen molar-refractivity contribution in [3.63, 3.8) is 0 Å². The van der Waals surface area contributed by atoms with Crippen molar-refractivity contribution in [3.05, 3.63) is 31.0 Å². The van der Waals surface area contributed by atoms with Crippen molar-refractivity contribution in [2.75, 3.05) is 18.0 Å². The van der Waals surface area contributed by atoms with E-state index in [0.29, 0.717) is 30.0 Å². The zero-order valence-corrected chi connectivity index (χ0v) is 17.5. The van der Waals surface area contributed by atoms with Gasteiger partial charge in [-0.3, -0.25) is 9.48 Å². The minimum Gasteiger partial charge on any atom is -0.351 e. The van der Waals surface area contributed by atoms with Gasteiger partial charge in [-0.1, -0.05) is 0 Å². The molecule has 156 valence electrons. The summed E-state index contributed by atoms with van der Waals surface area (Å²) in [6, 6.07) is 3.10. The van der Waals surface area contributed by atoms with Gasteiger partial charge in [0, 0.05) is 60.7 Å². The predicted octanol–water partition coefficient (Wildman–Crippen LogP) is 2.76. The molecule has 8 nitrogen and oxygen atoms in total. The number of amides is 1. The van der Waals surface area contributed by atoms with Crippen molar-refractivity contribution in [2.24, 2.45) is 5.92 Å². The molecule has 2 bridgehead atoms. The van der Waals surface area contributed by atoms with Crippen molar-refractivity contribution in [3.8, 4) is 11.1 Å². The van der Waals surface area contributed by atoms with E-state index in [9.17, 15) is 4.79 Å². The SMILES string of the molecule is CC(C)n1cc(-c2cc3c(N4CC5CCC(C4)N5C(=O)C4CC4)ncnn3c2)cn1. The van der Waals surface area contributed by atoms with Crippen LogP contribution in [-0.4, -0.2) is 60.4 Å². The number of carbonyl (C=O) groups excluding carboxylic acids is 1. The molecule has 2 saturated heterocycles. The zero-order valence-electron chi connectivity index (χ0n) is 17.5. The molecule has 2 atom stereocenters. The first-order valence-corrected chi connectivity index (χ1v) is 11.0. The van der Waals surface area contributed by atoms with E-state index >= 15 is 0 Å². The fourth-order valence-corrected chi connectivity index (χ4v) is 5.06. The van der Waals surface area contributed by atoms with Gasteiger partial charge in [0.2, 0.25) is 5.91 Å². The molecule has 3 fully saturated rings. The second kappa shape index (κ2) is 6.55. The first-order chi connectivity index (χ1) is 14.6. The van der Waals surface area contributed by atoms with E-state index in [0.717, 1.165) is 61.2 Å². The van der Waals surface area contributed by atoms with E-state index in [2.05, 4.69) is 51.1 Å². The number of piperazine rings is 1. The third kappa shape index (κ3) is 2.80. The van der Waals surface area contributed by atoms with E-state index in [4.69, 9.17) is 0 Å². The van der Waals surface area contributed by atoms with Gasteiger partial charge in [-0.25, -0.2) is 9.50 Å². The van der Waals surface area contributed by atoms with Gasteiger partial charge in [0.05, 0.1) is 6.20 Å². The fourth-order valence-electron chi connectivity index (χ4n) is 5.06. The monoisotopic (exact) mass is 405 g/mol. The Morgan fingerprint density at radius 2 is 1.80 bits per heavy atom. The minimum absolute atomic E-state index is 0.297. The maximum atomic E-state index is 12.8. The molecule has 3 aromatic rings. The van der Waals surface area contributed by atoms with E-state index in [1.807, 2.05) is 21.6 Å². The van der Waals surface area contributed by atoms with Gasteiger partial charge in [-0.2, -0.15) is 10.2 Å². The molecule has 0 aromatic carbocycles. The van der Waals surface area contributed by atoms with Gasteiger partial charge < -0.3 is 9.80 Å². The third-order valence-corrected chi connectivity index (χ3v) is 6.81. The van der Waals surface area contributed by atoms with Crippen LogP contribution in [0.5, 0.6) is 0 Å². The van der Waals surface area contributed by atoms with Crippen LogP contribution in [0.3, 0.4) is 0 Å². The normalized spacial score (nSPS) is 23.7. The molecule has 0 N–H and O–H groups in total. The summed E-state index contributed by atoms with van der Waals surface area (Å²) in [5, 5.41) is 8.91. The van der Waals surface area contributed by atoms with Crippen LogP contribution >= 0.6 is 0 Å². The highest BCUT2D eigenvalue weighted by Crippen LogP contribution is 2.39. The number of fused-ring (bicyclic) bond motifs is 3. The Morgan fingerprint density at radius 1 is 1.03 bits per heavy atom. The summed E-state index contributed by atoms with van der Waals surface area (Å²) in [5.41, 5.74) is 3.18. The van der Waals surface area contributed by atoms with E-state index in [-0.39, 0.29) is 0 Å². The number of nitrogens with zero attached hydrogens (tertiary/aromatic N) is 7. The highest BCUT2D eigenvalue weighted by molar-refractivity contribution is 5.83. The van der Waals surface area contributed by atoms with Gasteiger partial charge >= 0.3 is 0 Å². The van der Waals surface area contributed by atoms with Gasteiger partial charge in [-0.15, -0.1) is 0 Å².